The van der Waals surface area contributed by atoms with Crippen LogP contribution in [0.25, 0.3) is 0 Å². The Hall–Kier alpha value is -0.960. The predicted octanol–water partition coefficient (Wildman–Crippen LogP) is 2.35. The Kier molecular flexibility index (Phi) is 5.93. The molecule has 1 unspecified atom stereocenters. The molecule has 0 fully saturated rings. The summed E-state index contributed by atoms with van der Waals surface area (Å²) in [7, 11) is 0. The van der Waals surface area contributed by atoms with Crippen LogP contribution in [0.1, 0.15) is 25.3 Å². The smallest absolute Gasteiger partial charge is 0.113 e. The molecule has 0 radical (unpaired) electrons. The first-order valence-electron chi connectivity index (χ1n) is 5.56. The molecule has 0 spiro atoms. The number of rotatable bonds is 7. The van der Waals surface area contributed by atoms with E-state index in [1.807, 2.05) is 12.1 Å². The van der Waals surface area contributed by atoms with E-state index in [4.69, 9.17) is 0 Å². The number of pyridine rings is 1. The van der Waals surface area contributed by atoms with Gasteiger partial charge in [-0.05, 0) is 43.5 Å². The summed E-state index contributed by atoms with van der Waals surface area (Å²) in [6, 6.07) is 3.87. The van der Waals surface area contributed by atoms with Gasteiger partial charge in [-0.3, -0.25) is 4.98 Å². The van der Waals surface area contributed by atoms with E-state index in [-0.39, 0.29) is 0 Å². The number of aromatic nitrogens is 1. The highest BCUT2D eigenvalue weighted by molar-refractivity contribution is 5.09. The molecule has 3 heteroatoms. The summed E-state index contributed by atoms with van der Waals surface area (Å²) in [6.45, 7) is 3.45. The zero-order valence-electron chi connectivity index (χ0n) is 9.25. The second kappa shape index (κ2) is 7.35. The molecule has 15 heavy (non-hydrogen) atoms. The molecule has 0 aliphatic rings. The van der Waals surface area contributed by atoms with E-state index in [0.717, 1.165) is 24.9 Å². The number of aryl methyl sites for hydroxylation is 1. The highest BCUT2D eigenvalue weighted by Crippen LogP contribution is 2.05. The number of hydrogen-bond donors (Lipinski definition) is 1. The van der Waals surface area contributed by atoms with Crippen molar-refractivity contribution in [3.8, 4) is 0 Å². The first kappa shape index (κ1) is 12.1. The highest BCUT2D eigenvalue weighted by atomic mass is 19.1. The van der Waals surface area contributed by atoms with E-state index >= 15 is 0 Å². The summed E-state index contributed by atoms with van der Waals surface area (Å²) < 4.78 is 13.3. The molecule has 0 amide bonds. The van der Waals surface area contributed by atoms with Gasteiger partial charge in [0, 0.05) is 18.9 Å². The molecule has 1 N–H and O–H groups in total. The fourth-order valence-corrected chi connectivity index (χ4v) is 1.41. The molecular formula is C12H19FN2. The Labute approximate surface area is 90.9 Å². The Bertz CT molecular complexity index is 251. The van der Waals surface area contributed by atoms with E-state index in [9.17, 15) is 4.39 Å². The van der Waals surface area contributed by atoms with Gasteiger partial charge in [-0.2, -0.15) is 0 Å². The van der Waals surface area contributed by atoms with Crippen molar-refractivity contribution in [3.63, 3.8) is 0 Å². The molecule has 0 saturated heterocycles. The third kappa shape index (κ3) is 5.47. The molecule has 0 bridgehead atoms. The van der Waals surface area contributed by atoms with Gasteiger partial charge in [-0.15, -0.1) is 0 Å². The Balaban J connectivity index is 2.14. The number of nitrogens with zero attached hydrogens (tertiary/aromatic N) is 1. The van der Waals surface area contributed by atoms with E-state index in [2.05, 4.69) is 17.2 Å². The lowest BCUT2D eigenvalue weighted by atomic mass is 10.1. The van der Waals surface area contributed by atoms with Crippen LogP contribution in [0.4, 0.5) is 4.39 Å². The first-order chi connectivity index (χ1) is 7.33. The topological polar surface area (TPSA) is 24.9 Å². The number of nitrogens with one attached hydrogen (secondary N) is 1. The lowest BCUT2D eigenvalue weighted by Crippen LogP contribution is -2.24. The highest BCUT2D eigenvalue weighted by Gasteiger charge is 2.05. The Morgan fingerprint density at radius 2 is 2.13 bits per heavy atom. The van der Waals surface area contributed by atoms with Gasteiger partial charge in [-0.25, -0.2) is 4.39 Å². The van der Waals surface area contributed by atoms with Crippen LogP contribution in [0.5, 0.6) is 0 Å². The number of hydrogen-bond acceptors (Lipinski definition) is 2. The standard InChI is InChI=1S/C12H19FN2/c1-2-7-15-10-12(13)4-3-11-5-8-14-9-6-11/h5-6,8-9,12,15H,2-4,7,10H2,1H3. The molecule has 0 aliphatic heterocycles. The second-order valence-corrected chi connectivity index (χ2v) is 3.70. The van der Waals surface area contributed by atoms with Crippen molar-refractivity contribution in [3.05, 3.63) is 30.1 Å². The average molecular weight is 210 g/mol. The molecule has 84 valence electrons. The SMILES string of the molecule is CCCNCC(F)CCc1ccncc1. The average Bonchev–Trinajstić information content (AvgIpc) is 2.28. The maximum atomic E-state index is 13.3. The summed E-state index contributed by atoms with van der Waals surface area (Å²) in [5.41, 5.74) is 1.16. The fraction of sp³-hybridized carbons (Fsp3) is 0.583. The molecule has 1 rings (SSSR count). The zero-order chi connectivity index (χ0) is 10.9. The van der Waals surface area contributed by atoms with Crippen LogP contribution < -0.4 is 5.32 Å². The normalized spacial score (nSPS) is 12.7. The van der Waals surface area contributed by atoms with Gasteiger partial charge in [0.2, 0.25) is 0 Å². The molecule has 1 atom stereocenters. The van der Waals surface area contributed by atoms with Crippen LogP contribution in [0, 0.1) is 0 Å². The molecule has 0 aliphatic carbocycles. The van der Waals surface area contributed by atoms with Gasteiger partial charge in [0.1, 0.15) is 6.17 Å². The van der Waals surface area contributed by atoms with Gasteiger partial charge in [0.15, 0.2) is 0 Å². The molecule has 0 saturated carbocycles. The molecule has 1 aromatic rings. The van der Waals surface area contributed by atoms with Crippen molar-refractivity contribution in [2.45, 2.75) is 32.4 Å². The zero-order valence-corrected chi connectivity index (χ0v) is 9.25. The van der Waals surface area contributed by atoms with Gasteiger partial charge in [0.05, 0.1) is 0 Å². The van der Waals surface area contributed by atoms with Crippen LogP contribution in [0.3, 0.4) is 0 Å². The second-order valence-electron chi connectivity index (χ2n) is 3.70. The van der Waals surface area contributed by atoms with Crippen molar-refractivity contribution < 1.29 is 4.39 Å². The lowest BCUT2D eigenvalue weighted by molar-refractivity contribution is 0.302. The monoisotopic (exact) mass is 210 g/mol. The minimum atomic E-state index is -0.746. The number of halogens is 1. The summed E-state index contributed by atoms with van der Waals surface area (Å²) in [4.78, 5) is 3.93. The van der Waals surface area contributed by atoms with E-state index in [1.165, 1.54) is 0 Å². The Morgan fingerprint density at radius 3 is 2.80 bits per heavy atom. The maximum Gasteiger partial charge on any atom is 0.113 e. The van der Waals surface area contributed by atoms with Crippen LogP contribution >= 0.6 is 0 Å². The summed E-state index contributed by atoms with van der Waals surface area (Å²) in [5.74, 6) is 0. The minimum Gasteiger partial charge on any atom is -0.314 e. The van der Waals surface area contributed by atoms with Crippen molar-refractivity contribution in [2.75, 3.05) is 13.1 Å². The molecule has 2 nitrogen and oxygen atoms in total. The van der Waals surface area contributed by atoms with Crippen molar-refractivity contribution in [1.82, 2.24) is 10.3 Å². The lowest BCUT2D eigenvalue weighted by Gasteiger charge is -2.08. The van der Waals surface area contributed by atoms with Crippen molar-refractivity contribution in [2.24, 2.45) is 0 Å². The first-order valence-corrected chi connectivity index (χ1v) is 5.56. The van der Waals surface area contributed by atoms with E-state index < -0.39 is 6.17 Å². The van der Waals surface area contributed by atoms with Crippen LogP contribution in [0.15, 0.2) is 24.5 Å². The molecule has 1 heterocycles. The molecular weight excluding hydrogens is 191 g/mol. The maximum absolute atomic E-state index is 13.3. The number of alkyl halides is 1. The third-order valence-electron chi connectivity index (χ3n) is 2.29. The third-order valence-corrected chi connectivity index (χ3v) is 2.29. The van der Waals surface area contributed by atoms with Crippen LogP contribution in [-0.2, 0) is 6.42 Å². The van der Waals surface area contributed by atoms with Crippen LogP contribution in [0.2, 0.25) is 0 Å². The van der Waals surface area contributed by atoms with E-state index in [1.54, 1.807) is 12.4 Å². The largest absolute Gasteiger partial charge is 0.314 e. The Morgan fingerprint density at radius 1 is 1.40 bits per heavy atom. The minimum absolute atomic E-state index is 0.471. The quantitative estimate of drug-likeness (QED) is 0.699. The summed E-state index contributed by atoms with van der Waals surface area (Å²) in [6.07, 6.45) is 5.18. The summed E-state index contributed by atoms with van der Waals surface area (Å²) in [5, 5.41) is 3.08. The van der Waals surface area contributed by atoms with E-state index in [0.29, 0.717) is 13.0 Å². The van der Waals surface area contributed by atoms with Crippen molar-refractivity contribution in [1.29, 1.82) is 0 Å². The van der Waals surface area contributed by atoms with Gasteiger partial charge >= 0.3 is 0 Å². The molecule has 0 aromatic carbocycles. The molecule has 1 aromatic heterocycles. The van der Waals surface area contributed by atoms with Gasteiger partial charge in [0.25, 0.3) is 0 Å². The predicted molar refractivity (Wildman–Crippen MR) is 60.6 cm³/mol. The summed E-state index contributed by atoms with van der Waals surface area (Å²) >= 11 is 0. The van der Waals surface area contributed by atoms with Crippen LogP contribution in [-0.4, -0.2) is 24.2 Å². The van der Waals surface area contributed by atoms with Crippen molar-refractivity contribution >= 4 is 0 Å². The van der Waals surface area contributed by atoms with Gasteiger partial charge in [-0.1, -0.05) is 6.92 Å². The fourth-order valence-electron chi connectivity index (χ4n) is 1.41. The van der Waals surface area contributed by atoms with Gasteiger partial charge < -0.3 is 5.32 Å².